The van der Waals surface area contributed by atoms with E-state index in [4.69, 9.17) is 5.73 Å². The van der Waals surface area contributed by atoms with Crippen LogP contribution in [0.15, 0.2) is 42.7 Å². The second-order valence-corrected chi connectivity index (χ2v) is 7.11. The van der Waals surface area contributed by atoms with E-state index in [-0.39, 0.29) is 11.6 Å². The van der Waals surface area contributed by atoms with Crippen molar-refractivity contribution in [1.29, 1.82) is 0 Å². The molecule has 5 nitrogen and oxygen atoms in total. The number of hydrogen-bond acceptors (Lipinski definition) is 5. The van der Waals surface area contributed by atoms with Crippen molar-refractivity contribution >= 4 is 5.95 Å². The molecule has 1 saturated heterocycles. The third-order valence-corrected chi connectivity index (χ3v) is 4.80. The third-order valence-electron chi connectivity index (χ3n) is 4.80. The molecule has 5 heteroatoms. The minimum absolute atomic E-state index is 0.0148. The number of benzene rings is 1. The number of hydrogen-bond donors (Lipinski definition) is 2. The molecule has 0 unspecified atom stereocenters. The molecule has 0 radical (unpaired) electrons. The Morgan fingerprint density at radius 2 is 1.79 bits per heavy atom. The third kappa shape index (κ3) is 4.52. The summed E-state index contributed by atoms with van der Waals surface area (Å²) in [7, 11) is 0. The van der Waals surface area contributed by atoms with Crippen LogP contribution in [-0.4, -0.2) is 33.5 Å². The zero-order chi connectivity index (χ0) is 17.0. The summed E-state index contributed by atoms with van der Waals surface area (Å²) in [5.74, 6) is 0.659. The number of nitrogens with two attached hydrogens (primary N) is 1. The van der Waals surface area contributed by atoms with E-state index in [1.165, 1.54) is 11.1 Å². The van der Waals surface area contributed by atoms with E-state index in [1.54, 1.807) is 12.4 Å². The quantitative estimate of drug-likeness (QED) is 0.884. The fourth-order valence-corrected chi connectivity index (χ4v) is 3.04. The van der Waals surface area contributed by atoms with Crippen LogP contribution in [0.2, 0.25) is 0 Å². The molecular formula is C19H27N5. The summed E-state index contributed by atoms with van der Waals surface area (Å²) in [5, 5.41) is 3.32. The molecule has 128 valence electrons. The number of aromatic nitrogens is 2. The lowest BCUT2D eigenvalue weighted by molar-refractivity contribution is 0.165. The van der Waals surface area contributed by atoms with Crippen molar-refractivity contribution in [3.63, 3.8) is 0 Å². The molecular weight excluding hydrogens is 298 g/mol. The molecule has 2 heterocycles. The molecule has 0 bridgehead atoms. The number of anilines is 1. The van der Waals surface area contributed by atoms with Gasteiger partial charge >= 0.3 is 0 Å². The highest BCUT2D eigenvalue weighted by Crippen LogP contribution is 2.21. The Morgan fingerprint density at radius 3 is 2.42 bits per heavy atom. The summed E-state index contributed by atoms with van der Waals surface area (Å²) in [5.41, 5.74) is 8.81. The van der Waals surface area contributed by atoms with Crippen LogP contribution in [0.4, 0.5) is 5.95 Å². The lowest BCUT2D eigenvalue weighted by atomic mass is 9.91. The maximum absolute atomic E-state index is 6.21. The molecule has 3 rings (SSSR count). The highest BCUT2D eigenvalue weighted by molar-refractivity contribution is 5.32. The Bertz CT molecular complexity index is 629. The number of nitrogens with zero attached hydrogens (tertiary/aromatic N) is 3. The summed E-state index contributed by atoms with van der Waals surface area (Å²) in [4.78, 5) is 10.9. The molecule has 0 amide bonds. The van der Waals surface area contributed by atoms with Gasteiger partial charge in [0.05, 0.1) is 6.04 Å². The summed E-state index contributed by atoms with van der Waals surface area (Å²) in [6, 6.07) is 10.8. The summed E-state index contributed by atoms with van der Waals surface area (Å²) in [6.07, 6.45) is 5.64. The smallest absolute Gasteiger partial charge is 0.223 e. The van der Waals surface area contributed by atoms with Crippen molar-refractivity contribution in [2.75, 3.05) is 18.4 Å². The van der Waals surface area contributed by atoms with Crippen LogP contribution in [-0.2, 0) is 6.54 Å². The van der Waals surface area contributed by atoms with E-state index >= 15 is 0 Å². The first kappa shape index (κ1) is 16.9. The Kier molecular flexibility index (Phi) is 5.11. The highest BCUT2D eigenvalue weighted by atomic mass is 15.1. The molecule has 1 aromatic carbocycles. The van der Waals surface area contributed by atoms with Gasteiger partial charge in [0.1, 0.15) is 0 Å². The largest absolute Gasteiger partial charge is 0.348 e. The Labute approximate surface area is 144 Å². The first-order valence-corrected chi connectivity index (χ1v) is 8.65. The molecule has 1 aliphatic rings. The topological polar surface area (TPSA) is 67.1 Å². The molecule has 1 atom stereocenters. The molecule has 3 N–H and O–H groups in total. The fraction of sp³-hybridized carbons (Fsp3) is 0.474. The lowest BCUT2D eigenvalue weighted by Crippen LogP contribution is -2.47. The van der Waals surface area contributed by atoms with E-state index in [0.717, 1.165) is 32.5 Å². The number of nitrogens with one attached hydrogen (secondary N) is 1. The molecule has 0 aliphatic carbocycles. The zero-order valence-corrected chi connectivity index (χ0v) is 14.6. The van der Waals surface area contributed by atoms with Crippen LogP contribution < -0.4 is 11.1 Å². The first-order chi connectivity index (χ1) is 11.5. The number of rotatable bonds is 5. The van der Waals surface area contributed by atoms with Crippen LogP contribution in [0.25, 0.3) is 0 Å². The monoisotopic (exact) mass is 325 g/mol. The minimum Gasteiger partial charge on any atom is -0.348 e. The van der Waals surface area contributed by atoms with Gasteiger partial charge in [-0.3, -0.25) is 4.90 Å². The number of likely N-dealkylation sites (tertiary alicyclic amines) is 1. The van der Waals surface area contributed by atoms with Crippen molar-refractivity contribution in [3.05, 3.63) is 53.9 Å². The van der Waals surface area contributed by atoms with E-state index in [9.17, 15) is 0 Å². The van der Waals surface area contributed by atoms with Gasteiger partial charge in [-0.15, -0.1) is 0 Å². The van der Waals surface area contributed by atoms with Gasteiger partial charge < -0.3 is 11.1 Å². The van der Waals surface area contributed by atoms with Gasteiger partial charge in [-0.2, -0.15) is 0 Å². The van der Waals surface area contributed by atoms with Gasteiger partial charge in [0.2, 0.25) is 5.95 Å². The average molecular weight is 325 g/mol. The first-order valence-electron chi connectivity index (χ1n) is 8.65. The van der Waals surface area contributed by atoms with E-state index in [0.29, 0.717) is 5.95 Å². The van der Waals surface area contributed by atoms with Crippen molar-refractivity contribution in [3.8, 4) is 0 Å². The van der Waals surface area contributed by atoms with Crippen LogP contribution >= 0.6 is 0 Å². The zero-order valence-electron chi connectivity index (χ0n) is 14.6. The van der Waals surface area contributed by atoms with Crippen molar-refractivity contribution in [2.24, 2.45) is 5.73 Å². The van der Waals surface area contributed by atoms with Gasteiger partial charge in [-0.25, -0.2) is 9.97 Å². The maximum Gasteiger partial charge on any atom is 0.223 e. The second kappa shape index (κ2) is 7.28. The predicted molar refractivity (Wildman–Crippen MR) is 97.6 cm³/mol. The Balaban J connectivity index is 1.55. The summed E-state index contributed by atoms with van der Waals surface area (Å²) >= 11 is 0. The second-order valence-electron chi connectivity index (χ2n) is 7.11. The van der Waals surface area contributed by atoms with Crippen LogP contribution in [0.1, 0.15) is 43.9 Å². The SMILES string of the molecule is C[C@H](Nc1ncccn1)c1ccc(CN2CCC(C)(N)CC2)cc1. The van der Waals surface area contributed by atoms with Crippen molar-refractivity contribution in [2.45, 2.75) is 44.8 Å². The molecule has 0 spiro atoms. The van der Waals surface area contributed by atoms with E-state index in [2.05, 4.69) is 58.3 Å². The normalized spacial score (nSPS) is 19.0. The van der Waals surface area contributed by atoms with Crippen molar-refractivity contribution in [1.82, 2.24) is 14.9 Å². The number of piperidine rings is 1. The van der Waals surface area contributed by atoms with E-state index < -0.39 is 0 Å². The molecule has 1 fully saturated rings. The predicted octanol–water partition coefficient (Wildman–Crippen LogP) is 2.96. The summed E-state index contributed by atoms with van der Waals surface area (Å²) < 4.78 is 0. The van der Waals surface area contributed by atoms with E-state index in [1.807, 2.05) is 6.07 Å². The van der Waals surface area contributed by atoms with Gasteiger partial charge in [0, 0.05) is 37.6 Å². The van der Waals surface area contributed by atoms with Crippen molar-refractivity contribution < 1.29 is 0 Å². The van der Waals surface area contributed by atoms with Crippen LogP contribution in [0.5, 0.6) is 0 Å². The molecule has 24 heavy (non-hydrogen) atoms. The Hall–Kier alpha value is -1.98. The fourth-order valence-electron chi connectivity index (χ4n) is 3.04. The van der Waals surface area contributed by atoms with Gasteiger partial charge in [0.15, 0.2) is 0 Å². The van der Waals surface area contributed by atoms with Crippen LogP contribution in [0, 0.1) is 0 Å². The van der Waals surface area contributed by atoms with Crippen LogP contribution in [0.3, 0.4) is 0 Å². The standard InChI is InChI=1S/C19H27N5/c1-15(23-18-21-10-3-11-22-18)17-6-4-16(5-7-17)14-24-12-8-19(2,20)9-13-24/h3-7,10-11,15H,8-9,12-14,20H2,1-2H3,(H,21,22,23)/t15-/m0/s1. The van der Waals surface area contributed by atoms with Gasteiger partial charge in [-0.1, -0.05) is 24.3 Å². The van der Waals surface area contributed by atoms with Gasteiger partial charge in [0.25, 0.3) is 0 Å². The molecule has 2 aromatic rings. The van der Waals surface area contributed by atoms with Gasteiger partial charge in [-0.05, 0) is 43.9 Å². The molecule has 1 aromatic heterocycles. The molecule has 1 aliphatic heterocycles. The summed E-state index contributed by atoms with van der Waals surface area (Å²) in [6.45, 7) is 7.44. The maximum atomic E-state index is 6.21. The Morgan fingerprint density at radius 1 is 1.17 bits per heavy atom. The lowest BCUT2D eigenvalue weighted by Gasteiger charge is -2.36. The molecule has 0 saturated carbocycles. The highest BCUT2D eigenvalue weighted by Gasteiger charge is 2.25. The average Bonchev–Trinajstić information content (AvgIpc) is 2.58. The minimum atomic E-state index is 0.0148.